The second-order valence-electron chi connectivity index (χ2n) is 5.41. The van der Waals surface area contributed by atoms with Gasteiger partial charge in [-0.2, -0.15) is 0 Å². The highest BCUT2D eigenvalue weighted by atomic mass is 14.7. The summed E-state index contributed by atoms with van der Waals surface area (Å²) < 4.78 is 0. The molecule has 0 fully saturated rings. The van der Waals surface area contributed by atoms with Gasteiger partial charge in [0.05, 0.1) is 0 Å². The minimum Gasteiger partial charge on any atom is -0.361 e. The Morgan fingerprint density at radius 3 is 2.56 bits per heavy atom. The summed E-state index contributed by atoms with van der Waals surface area (Å²) in [6.07, 6.45) is 2.99. The molecule has 2 heteroatoms. The summed E-state index contributed by atoms with van der Waals surface area (Å²) in [6, 6.07) is 4.30. The molecule has 0 radical (unpaired) electrons. The maximum Gasteiger partial charge on any atom is 0.0459 e. The maximum absolute atomic E-state index is 6.09. The lowest BCUT2D eigenvalue weighted by Gasteiger charge is -2.18. The molecule has 0 saturated carbocycles. The summed E-state index contributed by atoms with van der Waals surface area (Å²) in [5.41, 5.74) is 11.2. The van der Waals surface area contributed by atoms with E-state index in [0.717, 1.165) is 6.42 Å². The predicted molar refractivity (Wildman–Crippen MR) is 69.7 cm³/mol. The lowest BCUT2D eigenvalue weighted by Crippen LogP contribution is -2.34. The molecule has 1 aromatic heterocycles. The molecule has 0 bridgehead atoms. The average molecular weight is 216 g/mol. The minimum atomic E-state index is -0.161. The summed E-state index contributed by atoms with van der Waals surface area (Å²) in [4.78, 5) is 3.32. The van der Waals surface area contributed by atoms with Gasteiger partial charge < -0.3 is 10.7 Å². The summed E-state index contributed by atoms with van der Waals surface area (Å²) in [5.74, 6) is 0. The standard InChI is InChI=1S/C14H20N2/c1-9-5-6-12-13(10(9)2)11(8-16-12)7-14(3,4)15/h5-6,8,16H,7,15H2,1-4H3. The molecule has 3 N–H and O–H groups in total. The topological polar surface area (TPSA) is 41.8 Å². The van der Waals surface area contributed by atoms with Gasteiger partial charge in [0.15, 0.2) is 0 Å². The molecule has 0 spiro atoms. The first-order chi connectivity index (χ1) is 7.38. The lowest BCUT2D eigenvalue weighted by molar-refractivity contribution is 0.518. The van der Waals surface area contributed by atoms with Crippen LogP contribution in [0.25, 0.3) is 10.9 Å². The van der Waals surface area contributed by atoms with Crippen LogP contribution in [0.4, 0.5) is 0 Å². The number of nitrogens with one attached hydrogen (secondary N) is 1. The number of aromatic nitrogens is 1. The van der Waals surface area contributed by atoms with Gasteiger partial charge in [0.1, 0.15) is 0 Å². The quantitative estimate of drug-likeness (QED) is 0.796. The molecule has 2 nitrogen and oxygen atoms in total. The summed E-state index contributed by atoms with van der Waals surface area (Å²) >= 11 is 0. The fourth-order valence-electron chi connectivity index (χ4n) is 2.22. The summed E-state index contributed by atoms with van der Waals surface area (Å²) in [6.45, 7) is 8.46. The number of fused-ring (bicyclic) bond motifs is 1. The van der Waals surface area contributed by atoms with Crippen molar-refractivity contribution < 1.29 is 0 Å². The predicted octanol–water partition coefficient (Wildman–Crippen LogP) is 3.06. The Balaban J connectivity index is 2.59. The van der Waals surface area contributed by atoms with E-state index in [1.165, 1.54) is 27.6 Å². The molecule has 0 amide bonds. The van der Waals surface area contributed by atoms with Crippen LogP contribution in [0.3, 0.4) is 0 Å². The van der Waals surface area contributed by atoms with Crippen molar-refractivity contribution in [2.75, 3.05) is 0 Å². The SMILES string of the molecule is Cc1ccc2[nH]cc(CC(C)(C)N)c2c1C. The van der Waals surface area contributed by atoms with E-state index in [9.17, 15) is 0 Å². The van der Waals surface area contributed by atoms with Crippen molar-refractivity contribution >= 4 is 10.9 Å². The van der Waals surface area contributed by atoms with E-state index in [-0.39, 0.29) is 5.54 Å². The second kappa shape index (κ2) is 3.63. The van der Waals surface area contributed by atoms with Crippen LogP contribution in [0.1, 0.15) is 30.5 Å². The molecule has 1 aromatic carbocycles. The molecule has 0 saturated heterocycles. The van der Waals surface area contributed by atoms with Crippen LogP contribution in [0.2, 0.25) is 0 Å². The van der Waals surface area contributed by atoms with E-state index < -0.39 is 0 Å². The van der Waals surface area contributed by atoms with E-state index in [1.807, 2.05) is 0 Å². The van der Waals surface area contributed by atoms with Crippen molar-refractivity contribution in [2.45, 2.75) is 39.7 Å². The number of rotatable bonds is 2. The van der Waals surface area contributed by atoms with Gasteiger partial charge in [-0.05, 0) is 56.9 Å². The van der Waals surface area contributed by atoms with Crippen LogP contribution >= 0.6 is 0 Å². The number of hydrogen-bond donors (Lipinski definition) is 2. The third kappa shape index (κ3) is 1.98. The first kappa shape index (κ1) is 11.2. The molecule has 0 aliphatic carbocycles. The van der Waals surface area contributed by atoms with Gasteiger partial charge in [0.2, 0.25) is 0 Å². The largest absolute Gasteiger partial charge is 0.361 e. The monoisotopic (exact) mass is 216 g/mol. The Bertz CT molecular complexity index is 515. The number of aromatic amines is 1. The molecular formula is C14H20N2. The Morgan fingerprint density at radius 2 is 1.94 bits per heavy atom. The van der Waals surface area contributed by atoms with Crippen molar-refractivity contribution in [3.8, 4) is 0 Å². The Morgan fingerprint density at radius 1 is 1.25 bits per heavy atom. The van der Waals surface area contributed by atoms with Gasteiger partial charge in [-0.3, -0.25) is 0 Å². The van der Waals surface area contributed by atoms with Crippen LogP contribution in [0, 0.1) is 13.8 Å². The highest BCUT2D eigenvalue weighted by Crippen LogP contribution is 2.26. The molecule has 16 heavy (non-hydrogen) atoms. The van der Waals surface area contributed by atoms with Crippen molar-refractivity contribution in [3.05, 3.63) is 35.0 Å². The molecule has 86 valence electrons. The lowest BCUT2D eigenvalue weighted by atomic mass is 9.93. The van der Waals surface area contributed by atoms with Gasteiger partial charge in [-0.25, -0.2) is 0 Å². The molecule has 1 heterocycles. The summed E-state index contributed by atoms with van der Waals surface area (Å²) in [5, 5.41) is 1.35. The van der Waals surface area contributed by atoms with Gasteiger partial charge >= 0.3 is 0 Å². The van der Waals surface area contributed by atoms with Gasteiger partial charge in [-0.1, -0.05) is 6.07 Å². The normalized spacial score (nSPS) is 12.3. The first-order valence-electron chi connectivity index (χ1n) is 5.73. The second-order valence-corrected chi connectivity index (χ2v) is 5.41. The fourth-order valence-corrected chi connectivity index (χ4v) is 2.22. The molecule has 0 aliphatic heterocycles. The number of benzene rings is 1. The van der Waals surface area contributed by atoms with Crippen molar-refractivity contribution in [3.63, 3.8) is 0 Å². The van der Waals surface area contributed by atoms with Crippen molar-refractivity contribution in [2.24, 2.45) is 5.73 Å². The van der Waals surface area contributed by atoms with Crippen LogP contribution in [-0.4, -0.2) is 10.5 Å². The molecule has 2 rings (SSSR count). The third-order valence-corrected chi connectivity index (χ3v) is 3.10. The Hall–Kier alpha value is -1.28. The Labute approximate surface area is 96.9 Å². The van der Waals surface area contributed by atoms with E-state index in [0.29, 0.717) is 0 Å². The first-order valence-corrected chi connectivity index (χ1v) is 5.73. The number of hydrogen-bond acceptors (Lipinski definition) is 1. The van der Waals surface area contributed by atoms with Gasteiger partial charge in [0.25, 0.3) is 0 Å². The van der Waals surface area contributed by atoms with E-state index in [4.69, 9.17) is 5.73 Å². The zero-order valence-corrected chi connectivity index (χ0v) is 10.5. The van der Waals surface area contributed by atoms with Crippen molar-refractivity contribution in [1.82, 2.24) is 4.98 Å². The minimum absolute atomic E-state index is 0.161. The third-order valence-electron chi connectivity index (χ3n) is 3.10. The molecule has 0 unspecified atom stereocenters. The molecular weight excluding hydrogens is 196 g/mol. The van der Waals surface area contributed by atoms with Gasteiger partial charge in [-0.15, -0.1) is 0 Å². The van der Waals surface area contributed by atoms with Gasteiger partial charge in [0, 0.05) is 22.6 Å². The Kier molecular flexibility index (Phi) is 2.55. The summed E-state index contributed by atoms with van der Waals surface area (Å²) in [7, 11) is 0. The fraction of sp³-hybridized carbons (Fsp3) is 0.429. The van der Waals surface area contributed by atoms with Crippen LogP contribution in [-0.2, 0) is 6.42 Å². The number of H-pyrrole nitrogens is 1. The number of nitrogens with two attached hydrogens (primary N) is 1. The van der Waals surface area contributed by atoms with Crippen LogP contribution in [0.5, 0.6) is 0 Å². The van der Waals surface area contributed by atoms with Crippen LogP contribution < -0.4 is 5.73 Å². The highest BCUT2D eigenvalue weighted by molar-refractivity contribution is 5.87. The van der Waals surface area contributed by atoms with E-state index in [2.05, 4.69) is 51.0 Å². The smallest absolute Gasteiger partial charge is 0.0459 e. The molecule has 2 aromatic rings. The average Bonchev–Trinajstić information content (AvgIpc) is 2.53. The highest BCUT2D eigenvalue weighted by Gasteiger charge is 2.16. The zero-order valence-electron chi connectivity index (χ0n) is 10.5. The number of aryl methyl sites for hydroxylation is 2. The van der Waals surface area contributed by atoms with Crippen LogP contribution in [0.15, 0.2) is 18.3 Å². The van der Waals surface area contributed by atoms with Crippen molar-refractivity contribution in [1.29, 1.82) is 0 Å². The van der Waals surface area contributed by atoms with E-state index in [1.54, 1.807) is 0 Å². The zero-order chi connectivity index (χ0) is 11.9. The maximum atomic E-state index is 6.09. The van der Waals surface area contributed by atoms with E-state index >= 15 is 0 Å². The molecule has 0 atom stereocenters. The molecule has 0 aliphatic rings.